The molecule has 0 radical (unpaired) electrons. The van der Waals surface area contributed by atoms with Gasteiger partial charge in [-0.05, 0) is 6.92 Å². The highest BCUT2D eigenvalue weighted by molar-refractivity contribution is 5.68. The van der Waals surface area contributed by atoms with Crippen molar-refractivity contribution in [2.45, 2.75) is 6.92 Å². The second kappa shape index (κ2) is 3.09. The first-order valence-corrected chi connectivity index (χ1v) is 3.11. The lowest BCUT2D eigenvalue weighted by Gasteiger charge is -1.99. The average Bonchev–Trinajstić information content (AvgIpc) is 2.03. The largest absolute Gasteiger partial charge is 0.481 e. The van der Waals surface area contributed by atoms with E-state index in [4.69, 9.17) is 4.74 Å². The molecule has 0 fully saturated rings. The Morgan fingerprint density at radius 2 is 2.27 bits per heavy atom. The summed E-state index contributed by atoms with van der Waals surface area (Å²) in [7, 11) is 1.50. The van der Waals surface area contributed by atoms with E-state index in [0.29, 0.717) is 12.2 Å². The SMILES string of the molecule is COc1cc(C)nc(C=O)n1. The molecule has 1 heterocycles. The highest BCUT2D eigenvalue weighted by atomic mass is 16.5. The molecule has 0 spiro atoms. The summed E-state index contributed by atoms with van der Waals surface area (Å²) in [5, 5.41) is 0. The van der Waals surface area contributed by atoms with E-state index in [0.717, 1.165) is 5.69 Å². The fourth-order valence-corrected chi connectivity index (χ4v) is 0.719. The summed E-state index contributed by atoms with van der Waals surface area (Å²) in [5.41, 5.74) is 0.721. The van der Waals surface area contributed by atoms with Gasteiger partial charge in [-0.2, -0.15) is 4.98 Å². The molecule has 0 aromatic carbocycles. The van der Waals surface area contributed by atoms with Gasteiger partial charge in [0, 0.05) is 11.8 Å². The van der Waals surface area contributed by atoms with Gasteiger partial charge in [0.2, 0.25) is 5.88 Å². The number of ether oxygens (including phenoxy) is 1. The first kappa shape index (κ1) is 7.65. The zero-order valence-electron chi connectivity index (χ0n) is 6.37. The Hall–Kier alpha value is -1.45. The molecule has 0 amide bonds. The molecule has 4 heteroatoms. The molecule has 0 aliphatic rings. The van der Waals surface area contributed by atoms with E-state index in [-0.39, 0.29) is 5.82 Å². The fourth-order valence-electron chi connectivity index (χ4n) is 0.719. The van der Waals surface area contributed by atoms with Crippen LogP contribution in [0.3, 0.4) is 0 Å². The Labute approximate surface area is 64.2 Å². The van der Waals surface area contributed by atoms with E-state index >= 15 is 0 Å². The van der Waals surface area contributed by atoms with Crippen molar-refractivity contribution in [1.29, 1.82) is 0 Å². The lowest BCUT2D eigenvalue weighted by atomic mass is 10.4. The van der Waals surface area contributed by atoms with Crippen LogP contribution in [-0.4, -0.2) is 23.4 Å². The third kappa shape index (κ3) is 1.73. The monoisotopic (exact) mass is 152 g/mol. The fraction of sp³-hybridized carbons (Fsp3) is 0.286. The Kier molecular flexibility index (Phi) is 2.15. The van der Waals surface area contributed by atoms with E-state index < -0.39 is 0 Å². The lowest BCUT2D eigenvalue weighted by molar-refractivity contribution is 0.111. The lowest BCUT2D eigenvalue weighted by Crippen LogP contribution is -1.97. The molecule has 0 N–H and O–H groups in total. The number of rotatable bonds is 2. The summed E-state index contributed by atoms with van der Waals surface area (Å²) in [6.07, 6.45) is 0.593. The number of aryl methyl sites for hydroxylation is 1. The minimum Gasteiger partial charge on any atom is -0.481 e. The molecule has 11 heavy (non-hydrogen) atoms. The van der Waals surface area contributed by atoms with Gasteiger partial charge in [0.05, 0.1) is 7.11 Å². The van der Waals surface area contributed by atoms with Crippen molar-refractivity contribution in [3.05, 3.63) is 17.6 Å². The molecule has 0 saturated heterocycles. The molecule has 0 unspecified atom stereocenters. The normalized spacial score (nSPS) is 9.27. The van der Waals surface area contributed by atoms with Crippen molar-refractivity contribution in [3.63, 3.8) is 0 Å². The van der Waals surface area contributed by atoms with Crippen LogP contribution < -0.4 is 4.74 Å². The van der Waals surface area contributed by atoms with E-state index in [9.17, 15) is 4.79 Å². The number of carbonyl (C=O) groups is 1. The van der Waals surface area contributed by atoms with E-state index in [2.05, 4.69) is 9.97 Å². The topological polar surface area (TPSA) is 52.1 Å². The number of aldehydes is 1. The van der Waals surface area contributed by atoms with Crippen molar-refractivity contribution in [1.82, 2.24) is 9.97 Å². The van der Waals surface area contributed by atoms with E-state index in [1.165, 1.54) is 7.11 Å². The first-order valence-electron chi connectivity index (χ1n) is 3.11. The zero-order chi connectivity index (χ0) is 8.27. The van der Waals surface area contributed by atoms with Crippen LogP contribution in [0.4, 0.5) is 0 Å². The summed E-state index contributed by atoms with van der Waals surface area (Å²) < 4.78 is 4.83. The van der Waals surface area contributed by atoms with Crippen LogP contribution in [0.5, 0.6) is 5.88 Å². The van der Waals surface area contributed by atoms with Crippen LogP contribution in [0, 0.1) is 6.92 Å². The van der Waals surface area contributed by atoms with Crippen LogP contribution in [0.1, 0.15) is 16.3 Å². The van der Waals surface area contributed by atoms with Gasteiger partial charge in [-0.3, -0.25) is 4.79 Å². The smallest absolute Gasteiger partial charge is 0.216 e. The van der Waals surface area contributed by atoms with Crippen LogP contribution >= 0.6 is 0 Å². The highest BCUT2D eigenvalue weighted by Crippen LogP contribution is 2.06. The first-order chi connectivity index (χ1) is 5.26. The molecule has 58 valence electrons. The van der Waals surface area contributed by atoms with Crippen molar-refractivity contribution in [2.75, 3.05) is 7.11 Å². The Morgan fingerprint density at radius 3 is 2.82 bits per heavy atom. The number of hydrogen-bond donors (Lipinski definition) is 0. The van der Waals surface area contributed by atoms with E-state index in [1.54, 1.807) is 13.0 Å². The van der Waals surface area contributed by atoms with Gasteiger partial charge >= 0.3 is 0 Å². The van der Waals surface area contributed by atoms with E-state index in [1.807, 2.05) is 0 Å². The Bertz CT molecular complexity index is 273. The maximum absolute atomic E-state index is 10.2. The maximum Gasteiger partial charge on any atom is 0.216 e. The summed E-state index contributed by atoms with van der Waals surface area (Å²) in [6.45, 7) is 1.78. The minimum absolute atomic E-state index is 0.154. The molecular weight excluding hydrogens is 144 g/mol. The minimum atomic E-state index is 0.154. The number of aromatic nitrogens is 2. The predicted molar refractivity (Wildman–Crippen MR) is 38.7 cm³/mol. The molecule has 4 nitrogen and oxygen atoms in total. The van der Waals surface area contributed by atoms with Gasteiger partial charge < -0.3 is 4.74 Å². The molecular formula is C7H8N2O2. The van der Waals surface area contributed by atoms with Crippen LogP contribution in [0.25, 0.3) is 0 Å². The van der Waals surface area contributed by atoms with Crippen molar-refractivity contribution in [3.8, 4) is 5.88 Å². The maximum atomic E-state index is 10.2. The van der Waals surface area contributed by atoms with Gasteiger partial charge in [-0.15, -0.1) is 0 Å². The third-order valence-corrected chi connectivity index (χ3v) is 1.16. The molecule has 1 aromatic heterocycles. The molecule has 0 atom stereocenters. The molecule has 0 aliphatic carbocycles. The van der Waals surface area contributed by atoms with Gasteiger partial charge in [0.1, 0.15) is 0 Å². The molecule has 1 rings (SSSR count). The summed E-state index contributed by atoms with van der Waals surface area (Å²) >= 11 is 0. The van der Waals surface area contributed by atoms with Gasteiger partial charge in [-0.25, -0.2) is 4.98 Å². The van der Waals surface area contributed by atoms with Gasteiger partial charge in [-0.1, -0.05) is 0 Å². The van der Waals surface area contributed by atoms with Gasteiger partial charge in [0.25, 0.3) is 0 Å². The van der Waals surface area contributed by atoms with Crippen LogP contribution in [0.2, 0.25) is 0 Å². The Balaban J connectivity index is 3.11. The number of methoxy groups -OCH3 is 1. The summed E-state index contributed by atoms with van der Waals surface area (Å²) in [6, 6.07) is 1.66. The standard InChI is InChI=1S/C7H8N2O2/c1-5-3-7(11-2)9-6(4-10)8-5/h3-4H,1-2H3. The summed E-state index contributed by atoms with van der Waals surface area (Å²) in [4.78, 5) is 17.9. The Morgan fingerprint density at radius 1 is 1.55 bits per heavy atom. The number of carbonyl (C=O) groups excluding carboxylic acids is 1. The highest BCUT2D eigenvalue weighted by Gasteiger charge is 1.99. The quantitative estimate of drug-likeness (QED) is 0.582. The van der Waals surface area contributed by atoms with Crippen molar-refractivity contribution < 1.29 is 9.53 Å². The molecule has 0 aliphatic heterocycles. The third-order valence-electron chi connectivity index (χ3n) is 1.16. The number of nitrogens with zero attached hydrogens (tertiary/aromatic N) is 2. The molecule has 0 saturated carbocycles. The van der Waals surface area contributed by atoms with Crippen molar-refractivity contribution >= 4 is 6.29 Å². The second-order valence-electron chi connectivity index (χ2n) is 2.03. The second-order valence-corrected chi connectivity index (χ2v) is 2.03. The van der Waals surface area contributed by atoms with Crippen molar-refractivity contribution in [2.24, 2.45) is 0 Å². The van der Waals surface area contributed by atoms with Crippen LogP contribution in [0.15, 0.2) is 6.07 Å². The zero-order valence-corrected chi connectivity index (χ0v) is 6.37. The number of hydrogen-bond acceptors (Lipinski definition) is 4. The predicted octanol–water partition coefficient (Wildman–Crippen LogP) is 0.606. The summed E-state index contributed by atoms with van der Waals surface area (Å²) in [5.74, 6) is 0.571. The van der Waals surface area contributed by atoms with Gasteiger partial charge in [0.15, 0.2) is 12.1 Å². The molecule has 0 bridgehead atoms. The van der Waals surface area contributed by atoms with Crippen LogP contribution in [-0.2, 0) is 0 Å². The average molecular weight is 152 g/mol. The molecule has 1 aromatic rings.